The summed E-state index contributed by atoms with van der Waals surface area (Å²) in [5, 5.41) is 16.6. The highest BCUT2D eigenvalue weighted by atomic mass is 16.5. The molecule has 31 heavy (non-hydrogen) atoms. The largest absolute Gasteiger partial charge is 0.475 e. The first-order valence-corrected chi connectivity index (χ1v) is 10.5. The Balaban J connectivity index is 0.000000262. The number of carbonyl (C=O) groups is 4. The van der Waals surface area contributed by atoms with Crippen molar-refractivity contribution in [3.05, 3.63) is 35.8 Å². The normalized spacial score (nSPS) is 17.4. The maximum atomic E-state index is 11.6. The first kappa shape index (κ1) is 24.2. The number of furan rings is 1. The Morgan fingerprint density at radius 1 is 0.710 bits per heavy atom. The van der Waals surface area contributed by atoms with Gasteiger partial charge < -0.3 is 24.1 Å². The summed E-state index contributed by atoms with van der Waals surface area (Å²) in [5.41, 5.74) is 0. The first-order valence-electron chi connectivity index (χ1n) is 10.5. The van der Waals surface area contributed by atoms with E-state index >= 15 is 0 Å². The second kappa shape index (κ2) is 12.6. The van der Waals surface area contributed by atoms with Gasteiger partial charge in [0.1, 0.15) is 12.2 Å². The molecule has 9 nitrogen and oxygen atoms in total. The topological polar surface area (TPSA) is 140 Å². The quantitative estimate of drug-likeness (QED) is 0.500. The highest BCUT2D eigenvalue weighted by Crippen LogP contribution is 2.21. The number of carboxylic acid groups (broad SMARTS) is 2. The zero-order valence-corrected chi connectivity index (χ0v) is 17.3. The Morgan fingerprint density at radius 3 is 1.35 bits per heavy atom. The summed E-state index contributed by atoms with van der Waals surface area (Å²) in [7, 11) is 0. The second-order valence-electron chi connectivity index (χ2n) is 7.50. The molecule has 0 spiro atoms. The summed E-state index contributed by atoms with van der Waals surface area (Å²) in [6.07, 6.45) is 13.1. The molecule has 0 atom stereocenters. The van der Waals surface area contributed by atoms with Crippen LogP contribution in [0.4, 0.5) is 0 Å². The molecule has 170 valence electrons. The highest BCUT2D eigenvalue weighted by molar-refractivity contribution is 5.91. The number of carbonyl (C=O) groups excluding carboxylic acids is 2. The first-order chi connectivity index (χ1) is 14.8. The van der Waals surface area contributed by atoms with Crippen LogP contribution in [0.1, 0.15) is 85.3 Å². The molecule has 0 unspecified atom stereocenters. The van der Waals surface area contributed by atoms with Gasteiger partial charge in [-0.3, -0.25) is 0 Å². The van der Waals surface area contributed by atoms with E-state index < -0.39 is 23.9 Å². The van der Waals surface area contributed by atoms with Gasteiger partial charge in [-0.1, -0.05) is 12.8 Å². The summed E-state index contributed by atoms with van der Waals surface area (Å²) < 4.78 is 15.0. The molecular formula is C22H28O9. The monoisotopic (exact) mass is 436 g/mol. The number of esters is 2. The highest BCUT2D eigenvalue weighted by Gasteiger charge is 2.18. The van der Waals surface area contributed by atoms with Crippen molar-refractivity contribution in [1.29, 1.82) is 0 Å². The van der Waals surface area contributed by atoms with Crippen molar-refractivity contribution in [2.75, 3.05) is 0 Å². The van der Waals surface area contributed by atoms with Crippen LogP contribution in [0.2, 0.25) is 0 Å². The lowest BCUT2D eigenvalue weighted by Gasteiger charge is -2.21. The molecule has 1 aromatic heterocycles. The van der Waals surface area contributed by atoms with Crippen molar-refractivity contribution in [1.82, 2.24) is 0 Å². The van der Waals surface area contributed by atoms with Gasteiger partial charge in [0.15, 0.2) is 0 Å². The van der Waals surface area contributed by atoms with Crippen LogP contribution in [0.5, 0.6) is 0 Å². The van der Waals surface area contributed by atoms with Crippen LogP contribution in [0.3, 0.4) is 0 Å². The maximum absolute atomic E-state index is 11.6. The Hall–Kier alpha value is -3.10. The van der Waals surface area contributed by atoms with Crippen molar-refractivity contribution in [2.45, 2.75) is 76.4 Å². The van der Waals surface area contributed by atoms with Crippen LogP contribution in [-0.2, 0) is 19.1 Å². The van der Waals surface area contributed by atoms with Gasteiger partial charge in [0.05, 0.1) is 0 Å². The van der Waals surface area contributed by atoms with Crippen LogP contribution >= 0.6 is 0 Å². The van der Waals surface area contributed by atoms with Crippen LogP contribution in [0.25, 0.3) is 0 Å². The van der Waals surface area contributed by atoms with E-state index in [9.17, 15) is 19.2 Å². The van der Waals surface area contributed by atoms with E-state index in [1.54, 1.807) is 0 Å². The fraction of sp³-hybridized carbons (Fsp3) is 0.545. The number of ether oxygens (including phenoxy) is 2. The van der Waals surface area contributed by atoms with E-state index in [1.165, 1.54) is 25.0 Å². The molecule has 0 bridgehead atoms. The Kier molecular flexibility index (Phi) is 9.80. The average Bonchev–Trinajstić information content (AvgIpc) is 3.25. The van der Waals surface area contributed by atoms with Crippen LogP contribution in [0, 0.1) is 0 Å². The van der Waals surface area contributed by atoms with Crippen LogP contribution < -0.4 is 0 Å². The van der Waals surface area contributed by atoms with E-state index in [0.717, 1.165) is 63.5 Å². The number of carboxylic acids is 2. The second-order valence-corrected chi connectivity index (χ2v) is 7.50. The van der Waals surface area contributed by atoms with Gasteiger partial charge in [-0.05, 0) is 63.5 Å². The van der Waals surface area contributed by atoms with E-state index in [1.807, 2.05) is 0 Å². The fourth-order valence-corrected chi connectivity index (χ4v) is 3.48. The summed E-state index contributed by atoms with van der Waals surface area (Å²) in [6.45, 7) is 0. The maximum Gasteiger partial charge on any atom is 0.371 e. The zero-order valence-electron chi connectivity index (χ0n) is 17.3. The molecule has 0 amide bonds. The smallest absolute Gasteiger partial charge is 0.371 e. The Labute approximate surface area is 180 Å². The predicted molar refractivity (Wildman–Crippen MR) is 108 cm³/mol. The van der Waals surface area contributed by atoms with Crippen molar-refractivity contribution in [2.24, 2.45) is 0 Å². The van der Waals surface area contributed by atoms with Crippen LogP contribution in [-0.4, -0.2) is 46.3 Å². The molecule has 2 aliphatic rings. The molecule has 2 saturated carbocycles. The minimum absolute atomic E-state index is 0.0234. The third kappa shape index (κ3) is 9.06. The van der Waals surface area contributed by atoms with Crippen molar-refractivity contribution in [3.63, 3.8) is 0 Å². The molecular weight excluding hydrogens is 408 g/mol. The van der Waals surface area contributed by atoms with Gasteiger partial charge >= 0.3 is 23.9 Å². The molecule has 0 radical (unpaired) electrons. The summed E-state index contributed by atoms with van der Waals surface area (Å²) >= 11 is 0. The fourth-order valence-electron chi connectivity index (χ4n) is 3.48. The van der Waals surface area contributed by atoms with Gasteiger partial charge in [0.25, 0.3) is 0 Å². The lowest BCUT2D eigenvalue weighted by molar-refractivity contribution is -0.147. The van der Waals surface area contributed by atoms with Crippen molar-refractivity contribution >= 4 is 23.9 Å². The molecule has 0 aliphatic heterocycles. The van der Waals surface area contributed by atoms with Gasteiger partial charge in [0, 0.05) is 12.2 Å². The number of rotatable bonds is 6. The molecule has 0 aromatic carbocycles. The number of hydrogen-bond donors (Lipinski definition) is 2. The Morgan fingerprint density at radius 2 is 1.06 bits per heavy atom. The van der Waals surface area contributed by atoms with E-state index in [2.05, 4.69) is 4.42 Å². The SMILES string of the molecule is O=C(/C=C\C(=O)OC1CCCCC1)OC1CCCCC1.O=C(O)c1ccc(C(=O)O)o1. The summed E-state index contributed by atoms with van der Waals surface area (Å²) in [4.78, 5) is 43.5. The molecule has 2 aliphatic carbocycles. The molecule has 2 fully saturated rings. The molecule has 2 N–H and O–H groups in total. The lowest BCUT2D eigenvalue weighted by atomic mass is 9.98. The van der Waals surface area contributed by atoms with Gasteiger partial charge in [-0.2, -0.15) is 0 Å². The van der Waals surface area contributed by atoms with Gasteiger partial charge in [-0.15, -0.1) is 0 Å². The third-order valence-corrected chi connectivity index (χ3v) is 5.05. The zero-order chi connectivity index (χ0) is 22.6. The van der Waals surface area contributed by atoms with Crippen molar-refractivity contribution < 1.29 is 43.3 Å². The van der Waals surface area contributed by atoms with Crippen molar-refractivity contribution in [3.8, 4) is 0 Å². The number of aromatic carboxylic acids is 2. The summed E-state index contributed by atoms with van der Waals surface area (Å²) in [5.74, 6) is -4.17. The molecule has 1 heterocycles. The van der Waals surface area contributed by atoms with Crippen LogP contribution in [0.15, 0.2) is 28.7 Å². The van der Waals surface area contributed by atoms with Gasteiger partial charge in [0.2, 0.25) is 11.5 Å². The Bertz CT molecular complexity index is 718. The average molecular weight is 436 g/mol. The predicted octanol–water partition coefficient (Wildman–Crippen LogP) is 3.97. The standard InChI is InChI=1S/C16H24O4.C6H4O5/c17-15(19-13-7-3-1-4-8-13)11-12-16(18)20-14-9-5-2-6-10-14;7-5(8)3-1-2-4(11-3)6(9)10/h11-14H,1-10H2;1-2H,(H,7,8)(H,9,10)/b12-11-;. The summed E-state index contributed by atoms with van der Waals surface area (Å²) in [6, 6.07) is 2.18. The van der Waals surface area contributed by atoms with Gasteiger partial charge in [-0.25, -0.2) is 19.2 Å². The minimum atomic E-state index is -1.28. The molecule has 1 aromatic rings. The number of hydrogen-bond acceptors (Lipinski definition) is 7. The molecule has 9 heteroatoms. The molecule has 0 saturated heterocycles. The lowest BCUT2D eigenvalue weighted by Crippen LogP contribution is -2.21. The van der Waals surface area contributed by atoms with E-state index in [0.29, 0.717) is 0 Å². The third-order valence-electron chi connectivity index (χ3n) is 5.05. The van der Waals surface area contributed by atoms with E-state index in [-0.39, 0.29) is 23.7 Å². The molecule has 3 rings (SSSR count). The van der Waals surface area contributed by atoms with E-state index in [4.69, 9.17) is 19.7 Å². The minimum Gasteiger partial charge on any atom is -0.475 e.